The van der Waals surface area contributed by atoms with Gasteiger partial charge in [-0.15, -0.1) is 0 Å². The van der Waals surface area contributed by atoms with Gasteiger partial charge in [-0.05, 0) is 52.9 Å². The van der Waals surface area contributed by atoms with Gasteiger partial charge in [-0.1, -0.05) is 6.92 Å². The van der Waals surface area contributed by atoms with Gasteiger partial charge in [0.1, 0.15) is 5.60 Å². The van der Waals surface area contributed by atoms with Gasteiger partial charge in [0.05, 0.1) is 6.61 Å². The lowest BCUT2D eigenvalue weighted by Gasteiger charge is -2.36. The number of nitrogens with one attached hydrogen (secondary N) is 1. The van der Waals surface area contributed by atoms with Crippen molar-refractivity contribution in [3.05, 3.63) is 0 Å². The second-order valence-electron chi connectivity index (χ2n) is 7.39. The van der Waals surface area contributed by atoms with Gasteiger partial charge in [-0.25, -0.2) is 4.79 Å². The highest BCUT2D eigenvalue weighted by Gasteiger charge is 2.29. The van der Waals surface area contributed by atoms with Gasteiger partial charge >= 0.3 is 6.09 Å². The number of likely N-dealkylation sites (tertiary alicyclic amines) is 1. The molecule has 1 aliphatic rings. The average molecular weight is 300 g/mol. The Balaban J connectivity index is 2.47. The number of piperidine rings is 1. The summed E-state index contributed by atoms with van der Waals surface area (Å²) in [6, 6.07) is 0. The van der Waals surface area contributed by atoms with Crippen molar-refractivity contribution < 1.29 is 14.6 Å². The molecule has 2 N–H and O–H groups in total. The average Bonchev–Trinajstić information content (AvgIpc) is 2.43. The Morgan fingerprint density at radius 1 is 1.38 bits per heavy atom. The molecule has 0 radical (unpaired) electrons. The highest BCUT2D eigenvalue weighted by atomic mass is 16.6. The molecule has 5 heteroatoms. The highest BCUT2D eigenvalue weighted by molar-refractivity contribution is 5.68. The topological polar surface area (TPSA) is 61.8 Å². The van der Waals surface area contributed by atoms with Crippen LogP contribution in [0.3, 0.4) is 0 Å². The zero-order valence-electron chi connectivity index (χ0n) is 14.2. The minimum absolute atomic E-state index is 0.131. The van der Waals surface area contributed by atoms with Crippen molar-refractivity contribution >= 4 is 6.09 Å². The number of hydrogen-bond donors (Lipinski definition) is 2. The van der Waals surface area contributed by atoms with Crippen LogP contribution in [-0.4, -0.2) is 53.5 Å². The lowest BCUT2D eigenvalue weighted by molar-refractivity contribution is 0.0160. The first-order valence-electron chi connectivity index (χ1n) is 8.03. The molecule has 2 atom stereocenters. The Labute approximate surface area is 129 Å². The number of nitrogens with zero attached hydrogens (tertiary/aromatic N) is 1. The molecule has 1 aliphatic heterocycles. The summed E-state index contributed by atoms with van der Waals surface area (Å²) in [4.78, 5) is 13.9. The smallest absolute Gasteiger partial charge is 0.410 e. The summed E-state index contributed by atoms with van der Waals surface area (Å²) in [5.41, 5.74) is -0.672. The first kappa shape index (κ1) is 18.2. The van der Waals surface area contributed by atoms with Crippen LogP contribution in [0.2, 0.25) is 0 Å². The van der Waals surface area contributed by atoms with Gasteiger partial charge in [-0.3, -0.25) is 0 Å². The van der Waals surface area contributed by atoms with Crippen LogP contribution in [0.15, 0.2) is 0 Å². The van der Waals surface area contributed by atoms with E-state index in [1.54, 1.807) is 0 Å². The van der Waals surface area contributed by atoms with E-state index in [4.69, 9.17) is 4.74 Å². The normalized spacial score (nSPS) is 22.8. The fraction of sp³-hybridized carbons (Fsp3) is 0.938. The van der Waals surface area contributed by atoms with Gasteiger partial charge in [0, 0.05) is 25.2 Å². The number of carbonyl (C=O) groups is 1. The summed E-state index contributed by atoms with van der Waals surface area (Å²) < 4.78 is 5.44. The van der Waals surface area contributed by atoms with Crippen LogP contribution in [0.5, 0.6) is 0 Å². The number of carbonyl (C=O) groups excluding carboxylic acids is 1. The molecule has 1 fully saturated rings. The fourth-order valence-corrected chi connectivity index (χ4v) is 2.41. The van der Waals surface area contributed by atoms with E-state index in [1.807, 2.05) is 32.6 Å². The van der Waals surface area contributed by atoms with Gasteiger partial charge in [-0.2, -0.15) is 0 Å². The van der Waals surface area contributed by atoms with E-state index < -0.39 is 5.60 Å². The summed E-state index contributed by atoms with van der Waals surface area (Å²) in [6.07, 6.45) is 2.78. The molecule has 0 spiro atoms. The van der Waals surface area contributed by atoms with E-state index >= 15 is 0 Å². The maximum absolute atomic E-state index is 12.1. The number of amides is 1. The van der Waals surface area contributed by atoms with Gasteiger partial charge in [0.15, 0.2) is 0 Å². The highest BCUT2D eigenvalue weighted by Crippen LogP contribution is 2.20. The van der Waals surface area contributed by atoms with Crippen LogP contribution in [0.1, 0.15) is 53.9 Å². The molecule has 5 nitrogen and oxygen atoms in total. The van der Waals surface area contributed by atoms with Crippen molar-refractivity contribution in [3.63, 3.8) is 0 Å². The largest absolute Gasteiger partial charge is 0.444 e. The summed E-state index contributed by atoms with van der Waals surface area (Å²) in [5.74, 6) is 0.420. The maximum atomic E-state index is 12.1. The van der Waals surface area contributed by atoms with Gasteiger partial charge < -0.3 is 20.1 Å². The van der Waals surface area contributed by atoms with E-state index in [0.717, 1.165) is 38.9 Å². The van der Waals surface area contributed by atoms with Crippen molar-refractivity contribution in [3.8, 4) is 0 Å². The molecule has 1 amide bonds. The number of aliphatic hydroxyl groups is 1. The molecular formula is C16H32N2O3. The molecule has 0 aromatic heterocycles. The van der Waals surface area contributed by atoms with E-state index in [2.05, 4.69) is 12.2 Å². The predicted octanol–water partition coefficient (Wildman–Crippen LogP) is 2.38. The lowest BCUT2D eigenvalue weighted by atomic mass is 9.95. The predicted molar refractivity (Wildman–Crippen MR) is 84.3 cm³/mol. The lowest BCUT2D eigenvalue weighted by Crippen LogP contribution is -2.50. The third-order valence-electron chi connectivity index (χ3n) is 4.12. The van der Waals surface area contributed by atoms with E-state index in [9.17, 15) is 9.90 Å². The first-order chi connectivity index (χ1) is 9.69. The standard InChI is InChI=1S/C16H32N2O3/c1-6-16(5,12-19)17-10-13-8-7-9-18(11-13)14(20)21-15(2,3)4/h13,17,19H,6-12H2,1-5H3. The van der Waals surface area contributed by atoms with E-state index in [1.165, 1.54) is 0 Å². The molecule has 2 unspecified atom stereocenters. The van der Waals surface area contributed by atoms with Crippen LogP contribution in [0.4, 0.5) is 4.79 Å². The molecule has 0 aromatic carbocycles. The molecule has 1 rings (SSSR count). The van der Waals surface area contributed by atoms with Crippen LogP contribution in [0.25, 0.3) is 0 Å². The number of rotatable bonds is 5. The molecule has 0 aliphatic carbocycles. The van der Waals surface area contributed by atoms with Crippen LogP contribution < -0.4 is 5.32 Å². The Morgan fingerprint density at radius 2 is 2.05 bits per heavy atom. The summed E-state index contributed by atoms with van der Waals surface area (Å²) in [6.45, 7) is 12.2. The van der Waals surface area contributed by atoms with Crippen LogP contribution in [-0.2, 0) is 4.74 Å². The van der Waals surface area contributed by atoms with Crippen molar-refractivity contribution in [2.45, 2.75) is 65.0 Å². The van der Waals surface area contributed by atoms with E-state index in [0.29, 0.717) is 5.92 Å². The number of ether oxygens (including phenoxy) is 1. The second kappa shape index (κ2) is 7.45. The number of aliphatic hydroxyl groups excluding tert-OH is 1. The number of hydrogen-bond acceptors (Lipinski definition) is 4. The quantitative estimate of drug-likeness (QED) is 0.818. The summed E-state index contributed by atoms with van der Waals surface area (Å²) in [5, 5.41) is 12.9. The Bertz CT molecular complexity index is 335. The minimum atomic E-state index is -0.444. The van der Waals surface area contributed by atoms with Crippen molar-refractivity contribution in [1.82, 2.24) is 10.2 Å². The van der Waals surface area contributed by atoms with Crippen LogP contribution >= 0.6 is 0 Å². The molecule has 0 bridgehead atoms. The third-order valence-corrected chi connectivity index (χ3v) is 4.12. The van der Waals surface area contributed by atoms with E-state index in [-0.39, 0.29) is 18.2 Å². The van der Waals surface area contributed by atoms with Gasteiger partial charge in [0.25, 0.3) is 0 Å². The fourth-order valence-electron chi connectivity index (χ4n) is 2.41. The third kappa shape index (κ3) is 6.22. The first-order valence-corrected chi connectivity index (χ1v) is 8.03. The molecule has 124 valence electrons. The monoisotopic (exact) mass is 300 g/mol. The SMILES string of the molecule is CCC(C)(CO)NCC1CCCN(C(=O)OC(C)(C)C)C1. The molecule has 1 saturated heterocycles. The Hall–Kier alpha value is -0.810. The Morgan fingerprint density at radius 3 is 2.57 bits per heavy atom. The minimum Gasteiger partial charge on any atom is -0.444 e. The summed E-state index contributed by atoms with van der Waals surface area (Å²) in [7, 11) is 0. The summed E-state index contributed by atoms with van der Waals surface area (Å²) >= 11 is 0. The van der Waals surface area contributed by atoms with Crippen molar-refractivity contribution in [1.29, 1.82) is 0 Å². The van der Waals surface area contributed by atoms with Crippen molar-refractivity contribution in [2.24, 2.45) is 5.92 Å². The Kier molecular flexibility index (Phi) is 6.47. The molecule has 21 heavy (non-hydrogen) atoms. The zero-order valence-corrected chi connectivity index (χ0v) is 14.2. The molecule has 0 saturated carbocycles. The van der Waals surface area contributed by atoms with Crippen LogP contribution in [0, 0.1) is 5.92 Å². The molecular weight excluding hydrogens is 268 g/mol. The van der Waals surface area contributed by atoms with Crippen molar-refractivity contribution in [2.75, 3.05) is 26.2 Å². The molecule has 0 aromatic rings. The molecule has 1 heterocycles. The zero-order chi connectivity index (χ0) is 16.1. The maximum Gasteiger partial charge on any atom is 0.410 e. The second-order valence-corrected chi connectivity index (χ2v) is 7.39. The van der Waals surface area contributed by atoms with Gasteiger partial charge in [0.2, 0.25) is 0 Å².